The van der Waals surface area contributed by atoms with Crippen LogP contribution < -0.4 is 21.4 Å². The topological polar surface area (TPSA) is 130 Å². The molecule has 0 saturated heterocycles. The van der Waals surface area contributed by atoms with Gasteiger partial charge in [0.25, 0.3) is 0 Å². The van der Waals surface area contributed by atoms with Crippen molar-refractivity contribution in [3.8, 4) is 5.69 Å². The number of carbonyl (C=O) groups is 1. The lowest BCUT2D eigenvalue weighted by Crippen LogP contribution is -2.21. The Hall–Kier alpha value is -5.20. The van der Waals surface area contributed by atoms with Gasteiger partial charge in [-0.2, -0.15) is 18.3 Å². The van der Waals surface area contributed by atoms with E-state index in [0.717, 1.165) is 12.1 Å². The van der Waals surface area contributed by atoms with Gasteiger partial charge < -0.3 is 15.6 Å². The molecule has 4 N–H and O–H groups in total. The van der Waals surface area contributed by atoms with Crippen LogP contribution in [0, 0.1) is 0 Å². The van der Waals surface area contributed by atoms with Gasteiger partial charge >= 0.3 is 12.2 Å². The maximum absolute atomic E-state index is 13.0. The summed E-state index contributed by atoms with van der Waals surface area (Å²) in [5, 5.41) is 13.4. The number of hydrogen-bond acceptors (Lipinski definition) is 6. The molecular formula is C28H25F3N8O2. The lowest BCUT2D eigenvalue weighted by Gasteiger charge is -2.14. The molecule has 0 unspecified atom stereocenters. The molecule has 41 heavy (non-hydrogen) atoms. The van der Waals surface area contributed by atoms with Crippen LogP contribution in [-0.4, -0.2) is 30.8 Å². The highest BCUT2D eigenvalue weighted by Crippen LogP contribution is 2.31. The van der Waals surface area contributed by atoms with Gasteiger partial charge in [0.05, 0.1) is 16.9 Å². The maximum atomic E-state index is 13.0. The molecule has 210 valence electrons. The van der Waals surface area contributed by atoms with Crippen molar-refractivity contribution in [3.63, 3.8) is 0 Å². The first kappa shape index (κ1) is 27.4. The Labute approximate surface area is 231 Å². The summed E-state index contributed by atoms with van der Waals surface area (Å²) in [6.07, 6.45) is -1.62. The first-order chi connectivity index (χ1) is 19.4. The van der Waals surface area contributed by atoms with Crippen molar-refractivity contribution in [2.24, 2.45) is 0 Å². The molecular weight excluding hydrogens is 537 g/mol. The third-order valence-corrected chi connectivity index (χ3v) is 6.11. The maximum Gasteiger partial charge on any atom is 0.416 e. The van der Waals surface area contributed by atoms with Crippen molar-refractivity contribution >= 4 is 40.1 Å². The van der Waals surface area contributed by atoms with Crippen LogP contribution in [0.2, 0.25) is 0 Å². The zero-order valence-electron chi connectivity index (χ0n) is 22.2. The summed E-state index contributed by atoms with van der Waals surface area (Å²) >= 11 is 0. The van der Waals surface area contributed by atoms with E-state index < -0.39 is 17.8 Å². The molecule has 5 aromatic rings. The molecule has 0 bridgehead atoms. The van der Waals surface area contributed by atoms with Crippen molar-refractivity contribution in [2.75, 3.05) is 16.0 Å². The number of nitrogens with zero attached hydrogens (tertiary/aromatic N) is 4. The van der Waals surface area contributed by atoms with Crippen LogP contribution in [0.5, 0.6) is 0 Å². The quantitative estimate of drug-likeness (QED) is 0.202. The largest absolute Gasteiger partial charge is 0.416 e. The Morgan fingerprint density at radius 3 is 2.24 bits per heavy atom. The van der Waals surface area contributed by atoms with Crippen LogP contribution in [0.3, 0.4) is 0 Å². The molecule has 0 atom stereocenters. The molecule has 0 saturated carbocycles. The number of nitrogens with one attached hydrogen (secondary N) is 4. The fraction of sp³-hybridized carbons (Fsp3) is 0.179. The fourth-order valence-electron chi connectivity index (χ4n) is 3.98. The monoisotopic (exact) mass is 562 g/mol. The summed E-state index contributed by atoms with van der Waals surface area (Å²) in [5.41, 5.74) is 1.08. The van der Waals surface area contributed by atoms with E-state index in [2.05, 4.69) is 36.0 Å². The molecule has 0 fully saturated rings. The number of aromatic nitrogens is 5. The van der Waals surface area contributed by atoms with Crippen molar-refractivity contribution < 1.29 is 18.0 Å². The van der Waals surface area contributed by atoms with Gasteiger partial charge in [0.15, 0.2) is 5.43 Å². The number of alkyl halides is 3. The minimum atomic E-state index is -4.47. The van der Waals surface area contributed by atoms with Crippen LogP contribution >= 0.6 is 0 Å². The van der Waals surface area contributed by atoms with Crippen molar-refractivity contribution in [1.82, 2.24) is 24.7 Å². The SMILES string of the molecule is CC(C)(C)c1cc(NC(=O)Nc2ccc(Nc3ncnc4[nH]ccc(=O)c34)cc2)n(-c2ccc(C(F)(F)F)cc2)n1. The fourth-order valence-corrected chi connectivity index (χ4v) is 3.98. The summed E-state index contributed by atoms with van der Waals surface area (Å²) < 4.78 is 40.5. The van der Waals surface area contributed by atoms with Crippen LogP contribution in [0.1, 0.15) is 32.0 Å². The molecule has 3 aromatic heterocycles. The Morgan fingerprint density at radius 1 is 0.902 bits per heavy atom. The Kier molecular flexibility index (Phi) is 6.95. The molecule has 3 heterocycles. The van der Waals surface area contributed by atoms with Crippen LogP contribution in [0.4, 0.5) is 41.0 Å². The van der Waals surface area contributed by atoms with E-state index in [0.29, 0.717) is 39.6 Å². The number of rotatable bonds is 5. The van der Waals surface area contributed by atoms with Crippen molar-refractivity contribution in [2.45, 2.75) is 32.4 Å². The van der Waals surface area contributed by atoms with E-state index in [4.69, 9.17) is 0 Å². The van der Waals surface area contributed by atoms with Crippen molar-refractivity contribution in [3.05, 3.63) is 94.7 Å². The number of aromatic amines is 1. The van der Waals surface area contributed by atoms with Gasteiger partial charge in [0, 0.05) is 35.1 Å². The van der Waals surface area contributed by atoms with Crippen molar-refractivity contribution in [1.29, 1.82) is 0 Å². The number of carbonyl (C=O) groups excluding carboxylic acids is 1. The third kappa shape index (κ3) is 6.03. The number of anilines is 4. The van der Waals surface area contributed by atoms with E-state index in [9.17, 15) is 22.8 Å². The van der Waals surface area contributed by atoms with Crippen LogP contribution in [-0.2, 0) is 11.6 Å². The number of urea groups is 1. The third-order valence-electron chi connectivity index (χ3n) is 6.11. The number of halogens is 3. The molecule has 5 rings (SSSR count). The van der Waals surface area contributed by atoms with Gasteiger partial charge in [-0.05, 0) is 48.5 Å². The smallest absolute Gasteiger partial charge is 0.346 e. The average molecular weight is 563 g/mol. The van der Waals surface area contributed by atoms with Gasteiger partial charge in [0.2, 0.25) is 0 Å². The number of benzene rings is 2. The highest BCUT2D eigenvalue weighted by atomic mass is 19.4. The number of fused-ring (bicyclic) bond motifs is 1. The summed E-state index contributed by atoms with van der Waals surface area (Å²) in [6, 6.07) is 13.7. The Balaban J connectivity index is 1.33. The number of amides is 2. The molecule has 0 aliphatic heterocycles. The van der Waals surface area contributed by atoms with E-state index in [1.807, 2.05) is 20.8 Å². The van der Waals surface area contributed by atoms with E-state index >= 15 is 0 Å². The normalized spacial score (nSPS) is 11.9. The van der Waals surface area contributed by atoms with Crippen LogP contribution in [0.25, 0.3) is 16.7 Å². The predicted octanol–water partition coefficient (Wildman–Crippen LogP) is 6.21. The van der Waals surface area contributed by atoms with Gasteiger partial charge in [-0.15, -0.1) is 0 Å². The average Bonchev–Trinajstić information content (AvgIpc) is 3.34. The zero-order chi connectivity index (χ0) is 29.4. The molecule has 0 aliphatic rings. The van der Waals surface area contributed by atoms with Crippen LogP contribution in [0.15, 0.2) is 78.0 Å². The first-order valence-corrected chi connectivity index (χ1v) is 12.4. The van der Waals surface area contributed by atoms with E-state index in [1.54, 1.807) is 30.3 Å². The lowest BCUT2D eigenvalue weighted by atomic mass is 9.92. The number of pyridine rings is 1. The second-order valence-corrected chi connectivity index (χ2v) is 10.2. The Bertz CT molecular complexity index is 1770. The summed E-state index contributed by atoms with van der Waals surface area (Å²) in [6.45, 7) is 5.81. The highest BCUT2D eigenvalue weighted by molar-refractivity contribution is 5.99. The highest BCUT2D eigenvalue weighted by Gasteiger charge is 2.30. The van der Waals surface area contributed by atoms with E-state index in [1.165, 1.54) is 35.4 Å². The molecule has 0 aliphatic carbocycles. The second kappa shape index (κ2) is 10.4. The van der Waals surface area contributed by atoms with Gasteiger partial charge in [-0.3, -0.25) is 10.1 Å². The second-order valence-electron chi connectivity index (χ2n) is 10.2. The van der Waals surface area contributed by atoms with Gasteiger partial charge in [0.1, 0.15) is 29.0 Å². The molecule has 0 spiro atoms. The molecule has 13 heteroatoms. The minimum absolute atomic E-state index is 0.234. The standard InChI is InChI=1S/C28H25F3N8O2/c1-27(2,3)21-14-22(39(38-21)19-10-4-16(5-11-19)28(29,30)31)37-26(41)36-18-8-6-17(7-9-18)35-25-23-20(40)12-13-32-24(23)33-15-34-25/h4-15H,1-3H3,(H2,36,37,41)(H2,32,33,34,35,40). The summed E-state index contributed by atoms with van der Waals surface area (Å²) in [5.74, 6) is 0.618. The van der Waals surface area contributed by atoms with Gasteiger partial charge in [-0.1, -0.05) is 20.8 Å². The van der Waals surface area contributed by atoms with Gasteiger partial charge in [-0.25, -0.2) is 19.4 Å². The molecule has 2 amide bonds. The number of H-pyrrole nitrogens is 1. The van der Waals surface area contributed by atoms with E-state index in [-0.39, 0.29) is 16.7 Å². The summed E-state index contributed by atoms with van der Waals surface area (Å²) in [4.78, 5) is 36.3. The lowest BCUT2D eigenvalue weighted by molar-refractivity contribution is -0.137. The zero-order valence-corrected chi connectivity index (χ0v) is 22.2. The predicted molar refractivity (Wildman–Crippen MR) is 150 cm³/mol. The minimum Gasteiger partial charge on any atom is -0.346 e. The molecule has 10 nitrogen and oxygen atoms in total. The Morgan fingerprint density at radius 2 is 1.59 bits per heavy atom. The molecule has 2 aromatic carbocycles. The molecule has 0 radical (unpaired) electrons. The first-order valence-electron chi connectivity index (χ1n) is 12.4. The summed E-state index contributed by atoms with van der Waals surface area (Å²) in [7, 11) is 0. The number of hydrogen-bond donors (Lipinski definition) is 4.